The van der Waals surface area contributed by atoms with Crippen LogP contribution in [0.2, 0.25) is 0 Å². The average Bonchev–Trinajstić information content (AvgIpc) is 3.14. The van der Waals surface area contributed by atoms with Crippen LogP contribution < -0.4 is 4.74 Å². The van der Waals surface area contributed by atoms with E-state index in [4.69, 9.17) is 9.47 Å². The fourth-order valence-corrected chi connectivity index (χ4v) is 5.44. The number of ether oxygens (including phenoxy) is 2. The molecule has 0 saturated carbocycles. The maximum Gasteiger partial charge on any atom is 0.195 e. The Balaban J connectivity index is 1.45. The van der Waals surface area contributed by atoms with Crippen LogP contribution in [-0.2, 0) is 4.74 Å². The summed E-state index contributed by atoms with van der Waals surface area (Å²) in [6.45, 7) is 9.09. The minimum atomic E-state index is 0.0730. The van der Waals surface area contributed by atoms with E-state index >= 15 is 0 Å². The second kappa shape index (κ2) is 8.01. The molecule has 3 aromatic carbocycles. The van der Waals surface area contributed by atoms with Gasteiger partial charge in [-0.15, -0.1) is 0 Å². The van der Waals surface area contributed by atoms with Crippen LogP contribution in [0.25, 0.3) is 21.7 Å². The maximum absolute atomic E-state index is 13.9. The minimum Gasteiger partial charge on any atom is -0.489 e. The standard InChI is InChI=1S/C28H28N2O3/c1-18-6-7-20-8-9-21(15-22(20)14-18)28(31)26-19(2)30-23(16-29-10-12-32-13-11-29)17-33-25-5-3-4-24(26)27(25)30/h3-9,14-15,23H,10-13,16-17H2,1-2H3. The average molecular weight is 441 g/mol. The lowest BCUT2D eigenvalue weighted by atomic mass is 9.97. The van der Waals surface area contributed by atoms with Gasteiger partial charge in [-0.3, -0.25) is 9.69 Å². The highest BCUT2D eigenvalue weighted by molar-refractivity contribution is 6.19. The number of ketones is 1. The summed E-state index contributed by atoms with van der Waals surface area (Å²) in [5.41, 5.74) is 4.77. The SMILES string of the molecule is Cc1ccc2ccc(C(=O)c3c(C)n4c5c(cccc35)OCC4CN3CCOCC3)cc2c1. The van der Waals surface area contributed by atoms with Gasteiger partial charge in [-0.2, -0.15) is 0 Å². The van der Waals surface area contributed by atoms with Crippen molar-refractivity contribution < 1.29 is 14.3 Å². The molecule has 1 aromatic heterocycles. The molecule has 0 radical (unpaired) electrons. The van der Waals surface area contributed by atoms with Crippen LogP contribution in [0.5, 0.6) is 5.75 Å². The molecule has 2 aliphatic rings. The van der Waals surface area contributed by atoms with Gasteiger partial charge in [0.1, 0.15) is 12.4 Å². The third-order valence-electron chi connectivity index (χ3n) is 7.09. The lowest BCUT2D eigenvalue weighted by Gasteiger charge is -2.34. The van der Waals surface area contributed by atoms with Crippen molar-refractivity contribution in [1.29, 1.82) is 0 Å². The highest BCUT2D eigenvalue weighted by Gasteiger charge is 2.31. The quantitative estimate of drug-likeness (QED) is 0.423. The zero-order chi connectivity index (χ0) is 22.5. The molecule has 4 aromatic rings. The number of carbonyl (C=O) groups excluding carboxylic acids is 1. The monoisotopic (exact) mass is 440 g/mol. The molecule has 0 aliphatic carbocycles. The van der Waals surface area contributed by atoms with Gasteiger partial charge in [0.15, 0.2) is 5.78 Å². The van der Waals surface area contributed by atoms with Gasteiger partial charge >= 0.3 is 0 Å². The first kappa shape index (κ1) is 20.5. The summed E-state index contributed by atoms with van der Waals surface area (Å²) in [5.74, 6) is 0.936. The summed E-state index contributed by atoms with van der Waals surface area (Å²) in [7, 11) is 0. The van der Waals surface area contributed by atoms with Crippen LogP contribution in [0.1, 0.15) is 33.2 Å². The molecule has 2 aliphatic heterocycles. The Bertz CT molecular complexity index is 1380. The number of rotatable bonds is 4. The molecule has 3 heterocycles. The topological polar surface area (TPSA) is 43.7 Å². The number of para-hydroxylation sites is 1. The second-order valence-electron chi connectivity index (χ2n) is 9.26. The van der Waals surface area contributed by atoms with Gasteiger partial charge in [-0.1, -0.05) is 48.0 Å². The smallest absolute Gasteiger partial charge is 0.195 e. The Morgan fingerprint density at radius 2 is 1.82 bits per heavy atom. The number of carbonyl (C=O) groups is 1. The number of nitrogens with zero attached hydrogens (tertiary/aromatic N) is 2. The first-order valence-electron chi connectivity index (χ1n) is 11.7. The molecule has 168 valence electrons. The number of aromatic nitrogens is 1. The lowest BCUT2D eigenvalue weighted by molar-refractivity contribution is 0.0272. The second-order valence-corrected chi connectivity index (χ2v) is 9.26. The van der Waals surface area contributed by atoms with E-state index < -0.39 is 0 Å². The highest BCUT2D eigenvalue weighted by Crippen LogP contribution is 2.39. The zero-order valence-corrected chi connectivity index (χ0v) is 19.1. The van der Waals surface area contributed by atoms with E-state index in [0.29, 0.717) is 6.61 Å². The third-order valence-corrected chi connectivity index (χ3v) is 7.09. The first-order chi connectivity index (χ1) is 16.1. The van der Waals surface area contributed by atoms with E-state index in [9.17, 15) is 4.79 Å². The lowest BCUT2D eigenvalue weighted by Crippen LogP contribution is -2.42. The van der Waals surface area contributed by atoms with Crippen molar-refractivity contribution in [1.82, 2.24) is 9.47 Å². The van der Waals surface area contributed by atoms with Crippen LogP contribution in [0.4, 0.5) is 0 Å². The fourth-order valence-electron chi connectivity index (χ4n) is 5.44. The molecule has 33 heavy (non-hydrogen) atoms. The molecule has 5 heteroatoms. The number of hydrogen-bond donors (Lipinski definition) is 0. The van der Waals surface area contributed by atoms with E-state index in [1.54, 1.807) is 0 Å². The molecule has 1 saturated heterocycles. The van der Waals surface area contributed by atoms with E-state index in [-0.39, 0.29) is 11.8 Å². The maximum atomic E-state index is 13.9. The molecular weight excluding hydrogens is 412 g/mol. The molecule has 5 nitrogen and oxygen atoms in total. The van der Waals surface area contributed by atoms with Crippen molar-refractivity contribution in [3.8, 4) is 5.75 Å². The van der Waals surface area contributed by atoms with Crippen molar-refractivity contribution in [3.05, 3.63) is 77.0 Å². The van der Waals surface area contributed by atoms with Crippen LogP contribution >= 0.6 is 0 Å². The number of aryl methyl sites for hydroxylation is 1. The fraction of sp³-hybridized carbons (Fsp3) is 0.321. The number of fused-ring (bicyclic) bond motifs is 1. The summed E-state index contributed by atoms with van der Waals surface area (Å²) >= 11 is 0. The van der Waals surface area contributed by atoms with Gasteiger partial charge in [-0.05, 0) is 36.8 Å². The zero-order valence-electron chi connectivity index (χ0n) is 19.1. The Labute approximate surface area is 193 Å². The van der Waals surface area contributed by atoms with Crippen molar-refractivity contribution in [3.63, 3.8) is 0 Å². The van der Waals surface area contributed by atoms with Gasteiger partial charge < -0.3 is 14.0 Å². The van der Waals surface area contributed by atoms with Crippen LogP contribution in [0.15, 0.2) is 54.6 Å². The van der Waals surface area contributed by atoms with Crippen LogP contribution in [0.3, 0.4) is 0 Å². The van der Waals surface area contributed by atoms with Crippen molar-refractivity contribution >= 4 is 27.5 Å². The van der Waals surface area contributed by atoms with Gasteiger partial charge in [0.2, 0.25) is 0 Å². The van der Waals surface area contributed by atoms with Crippen LogP contribution in [0, 0.1) is 13.8 Å². The van der Waals surface area contributed by atoms with Gasteiger partial charge in [0.05, 0.1) is 30.3 Å². The Morgan fingerprint density at radius 3 is 2.67 bits per heavy atom. The summed E-state index contributed by atoms with van der Waals surface area (Å²) in [5, 5.41) is 3.22. The predicted molar refractivity (Wildman–Crippen MR) is 131 cm³/mol. The molecule has 1 fully saturated rings. The Kier molecular flexibility index (Phi) is 4.97. The largest absolute Gasteiger partial charge is 0.489 e. The summed E-state index contributed by atoms with van der Waals surface area (Å²) in [4.78, 5) is 16.3. The molecule has 0 spiro atoms. The van der Waals surface area contributed by atoms with Crippen LogP contribution in [-0.4, -0.2) is 54.7 Å². The van der Waals surface area contributed by atoms with Gasteiger partial charge in [0, 0.05) is 36.3 Å². The summed E-state index contributed by atoms with van der Waals surface area (Å²) in [6.07, 6.45) is 0. The molecular formula is C28H28N2O3. The molecule has 0 amide bonds. The van der Waals surface area contributed by atoms with E-state index in [0.717, 1.165) is 77.1 Å². The third kappa shape index (κ3) is 3.43. The van der Waals surface area contributed by atoms with Crippen molar-refractivity contribution in [2.75, 3.05) is 39.5 Å². The number of morpholine rings is 1. The van der Waals surface area contributed by atoms with Crippen molar-refractivity contribution in [2.45, 2.75) is 19.9 Å². The van der Waals surface area contributed by atoms with Crippen molar-refractivity contribution in [2.24, 2.45) is 0 Å². The van der Waals surface area contributed by atoms with Gasteiger partial charge in [-0.25, -0.2) is 0 Å². The molecule has 0 N–H and O–H groups in total. The molecule has 1 atom stereocenters. The predicted octanol–water partition coefficient (Wildman–Crippen LogP) is 4.91. The normalized spacial score (nSPS) is 18.5. The van der Waals surface area contributed by atoms with E-state index in [1.807, 2.05) is 30.3 Å². The highest BCUT2D eigenvalue weighted by atomic mass is 16.5. The molecule has 0 bridgehead atoms. The van der Waals surface area contributed by atoms with E-state index in [2.05, 4.69) is 47.6 Å². The molecule has 6 rings (SSSR count). The minimum absolute atomic E-state index is 0.0730. The number of hydrogen-bond acceptors (Lipinski definition) is 4. The molecule has 1 unspecified atom stereocenters. The number of benzene rings is 3. The van der Waals surface area contributed by atoms with E-state index in [1.165, 1.54) is 5.56 Å². The Hall–Kier alpha value is -3.15. The van der Waals surface area contributed by atoms with Gasteiger partial charge in [0.25, 0.3) is 0 Å². The first-order valence-corrected chi connectivity index (χ1v) is 11.7. The summed E-state index contributed by atoms with van der Waals surface area (Å²) < 4.78 is 14.1. The summed E-state index contributed by atoms with van der Waals surface area (Å²) in [6, 6.07) is 18.6. The Morgan fingerprint density at radius 1 is 1.00 bits per heavy atom.